The molecule has 368 valence electrons. The third-order valence-electron chi connectivity index (χ3n) is 15.1. The highest BCUT2D eigenvalue weighted by molar-refractivity contribution is 8.76. The molecule has 0 spiro atoms. The quantitative estimate of drug-likeness (QED) is 0.0519. The second-order valence-electron chi connectivity index (χ2n) is 22.7. The van der Waals surface area contributed by atoms with Gasteiger partial charge in [-0.25, -0.2) is 14.4 Å². The fourth-order valence-corrected chi connectivity index (χ4v) is 14.6. The van der Waals surface area contributed by atoms with E-state index in [0.29, 0.717) is 80.9 Å². The van der Waals surface area contributed by atoms with E-state index in [0.717, 1.165) is 41.3 Å². The Morgan fingerprint density at radius 3 is 1.97 bits per heavy atom. The van der Waals surface area contributed by atoms with Gasteiger partial charge >= 0.3 is 18.3 Å². The van der Waals surface area contributed by atoms with Crippen LogP contribution in [0, 0.1) is 46.3 Å². The topological polar surface area (TPSA) is 138 Å². The van der Waals surface area contributed by atoms with Crippen LogP contribution in [0.15, 0.2) is 11.6 Å². The first kappa shape index (κ1) is 54.3. The lowest BCUT2D eigenvalue weighted by Gasteiger charge is -2.58. The Balaban J connectivity index is 1.23. The maximum absolute atomic E-state index is 13.7. The molecule has 4 aliphatic carbocycles. The molecule has 0 radical (unpaired) electrons. The molecule has 13 heteroatoms. The predicted octanol–water partition coefficient (Wildman–Crippen LogP) is 12.6. The Morgan fingerprint density at radius 1 is 0.781 bits per heavy atom. The molecule has 4 rings (SSSR count). The standard InChI is InChI=1S/C51H90N4O7S2/c1-36(2)17-14-18-37(3)41-21-22-42-40-20-19-38-35-39(23-26-50(38,10)43(40)24-27-51(41,42)11)64-63-34-25-44(56)54(32-15-28-52-45(57)61-48(4,5)6)30-12-13-31-55(47(59)60)33-16-29-53-46(58)62-49(7,8)9/h19,36-37,39-43H,12-18,20-35H2,1-11H3,(H,52,57)(H,53,58)(H,59,60)/t37-,39+,40+,41-,42+,43+,50+,51-/m1/s1. The van der Waals surface area contributed by atoms with Gasteiger partial charge in [0.05, 0.1) is 0 Å². The third-order valence-corrected chi connectivity index (χ3v) is 18.0. The van der Waals surface area contributed by atoms with E-state index in [1.165, 1.54) is 75.5 Å². The van der Waals surface area contributed by atoms with E-state index in [2.05, 4.69) is 51.3 Å². The lowest BCUT2D eigenvalue weighted by atomic mass is 9.47. The molecule has 8 atom stereocenters. The Morgan fingerprint density at radius 2 is 1.38 bits per heavy atom. The van der Waals surface area contributed by atoms with E-state index in [1.54, 1.807) is 26.3 Å². The minimum atomic E-state index is -1.00. The molecule has 0 saturated heterocycles. The van der Waals surface area contributed by atoms with Crippen molar-refractivity contribution in [2.75, 3.05) is 45.0 Å². The molecule has 11 nitrogen and oxygen atoms in total. The fourth-order valence-electron chi connectivity index (χ4n) is 12.0. The fraction of sp³-hybridized carbons (Fsp3) is 0.882. The first-order valence-corrected chi connectivity index (χ1v) is 27.6. The van der Waals surface area contributed by atoms with Crippen LogP contribution in [0.1, 0.15) is 179 Å². The summed E-state index contributed by atoms with van der Waals surface area (Å²) in [5.41, 5.74) is 1.39. The molecule has 0 aromatic carbocycles. The van der Waals surface area contributed by atoms with Crippen LogP contribution in [0.5, 0.6) is 0 Å². The first-order chi connectivity index (χ1) is 30.0. The molecule has 4 amide bonds. The average molecular weight is 935 g/mol. The lowest BCUT2D eigenvalue weighted by Crippen LogP contribution is -2.50. The van der Waals surface area contributed by atoms with E-state index in [9.17, 15) is 24.3 Å². The van der Waals surface area contributed by atoms with Gasteiger partial charge in [0, 0.05) is 56.7 Å². The van der Waals surface area contributed by atoms with E-state index >= 15 is 0 Å². The maximum Gasteiger partial charge on any atom is 0.407 e. The largest absolute Gasteiger partial charge is 0.465 e. The molecular formula is C51H90N4O7S2. The maximum atomic E-state index is 13.7. The van der Waals surface area contributed by atoms with Crippen molar-refractivity contribution >= 4 is 45.8 Å². The molecule has 0 aliphatic heterocycles. The van der Waals surface area contributed by atoms with Crippen molar-refractivity contribution in [3.63, 3.8) is 0 Å². The summed E-state index contributed by atoms with van der Waals surface area (Å²) in [5.74, 6) is 5.92. The minimum Gasteiger partial charge on any atom is -0.465 e. The van der Waals surface area contributed by atoms with Crippen molar-refractivity contribution in [3.05, 3.63) is 11.6 Å². The minimum absolute atomic E-state index is 0.0920. The van der Waals surface area contributed by atoms with Crippen LogP contribution >= 0.6 is 21.6 Å². The number of hydrogen-bond donors (Lipinski definition) is 3. The summed E-state index contributed by atoms with van der Waals surface area (Å²) in [6, 6.07) is 0. The smallest absolute Gasteiger partial charge is 0.407 e. The van der Waals surface area contributed by atoms with E-state index < -0.39 is 29.5 Å². The summed E-state index contributed by atoms with van der Waals surface area (Å²) in [6.45, 7) is 25.8. The van der Waals surface area contributed by atoms with Crippen LogP contribution in [0.25, 0.3) is 0 Å². The summed E-state index contributed by atoms with van der Waals surface area (Å²) in [5, 5.41) is 15.9. The highest BCUT2D eigenvalue weighted by atomic mass is 33.1. The number of rotatable bonds is 23. The van der Waals surface area contributed by atoms with Gasteiger partial charge in [-0.15, -0.1) is 0 Å². The molecule has 4 aliphatic rings. The molecule has 64 heavy (non-hydrogen) atoms. The van der Waals surface area contributed by atoms with Crippen LogP contribution in [0.4, 0.5) is 14.4 Å². The number of amides is 4. The van der Waals surface area contributed by atoms with E-state index in [4.69, 9.17) is 9.47 Å². The second-order valence-corrected chi connectivity index (χ2v) is 25.5. The van der Waals surface area contributed by atoms with E-state index in [1.807, 2.05) is 47.3 Å². The van der Waals surface area contributed by atoms with Gasteiger partial charge in [-0.1, -0.05) is 87.1 Å². The van der Waals surface area contributed by atoms with Crippen molar-refractivity contribution in [3.8, 4) is 0 Å². The highest BCUT2D eigenvalue weighted by Crippen LogP contribution is 2.67. The Hall–Kier alpha value is -2.28. The average Bonchev–Trinajstić information content (AvgIpc) is 3.55. The van der Waals surface area contributed by atoms with Crippen LogP contribution in [0.2, 0.25) is 0 Å². The summed E-state index contributed by atoms with van der Waals surface area (Å²) in [7, 11) is 3.82. The van der Waals surface area contributed by atoms with Gasteiger partial charge in [0.1, 0.15) is 11.2 Å². The number of carbonyl (C=O) groups excluding carboxylic acids is 3. The molecule has 0 bridgehead atoms. The summed E-state index contributed by atoms with van der Waals surface area (Å²) < 4.78 is 10.6. The zero-order valence-corrected chi connectivity index (χ0v) is 43.6. The summed E-state index contributed by atoms with van der Waals surface area (Å²) >= 11 is 0. The number of alkyl carbamates (subject to hydrolysis) is 2. The van der Waals surface area contributed by atoms with Crippen LogP contribution in [-0.4, -0.2) is 101 Å². The molecule has 0 aromatic heterocycles. The lowest BCUT2D eigenvalue weighted by molar-refractivity contribution is -0.130. The van der Waals surface area contributed by atoms with Gasteiger partial charge in [0.15, 0.2) is 0 Å². The number of carbonyl (C=O) groups is 4. The number of nitrogens with zero attached hydrogens (tertiary/aromatic N) is 2. The SMILES string of the molecule is CC(C)CCC[C@@H](C)[C@H]1CC[C@H]2[C@@H]3CC=C4C[C@@H](SSCCC(=O)N(CCCCN(CCCNC(=O)OC(C)(C)C)C(=O)O)CCCNC(=O)OC(C)(C)C)CC[C@]4(C)[C@H]3CC[C@]12C. The third kappa shape index (κ3) is 16.5. The van der Waals surface area contributed by atoms with Gasteiger partial charge in [0.2, 0.25) is 5.91 Å². The predicted molar refractivity (Wildman–Crippen MR) is 265 cm³/mol. The van der Waals surface area contributed by atoms with Gasteiger partial charge in [-0.3, -0.25) is 4.79 Å². The van der Waals surface area contributed by atoms with Crippen LogP contribution in [0.3, 0.4) is 0 Å². The monoisotopic (exact) mass is 935 g/mol. The Labute approximate surface area is 396 Å². The number of fused-ring (bicyclic) bond motifs is 5. The summed E-state index contributed by atoms with van der Waals surface area (Å²) in [4.78, 5) is 53.1. The number of carboxylic acid groups (broad SMARTS) is 1. The number of nitrogens with one attached hydrogen (secondary N) is 2. The van der Waals surface area contributed by atoms with E-state index in [-0.39, 0.29) is 12.5 Å². The Kier molecular flexibility index (Phi) is 20.9. The van der Waals surface area contributed by atoms with Crippen molar-refractivity contribution in [2.45, 2.75) is 195 Å². The van der Waals surface area contributed by atoms with Crippen molar-refractivity contribution in [1.82, 2.24) is 20.4 Å². The number of allylic oxidation sites excluding steroid dienone is 2. The molecular weight excluding hydrogens is 845 g/mol. The number of hydrogen-bond acceptors (Lipinski definition) is 8. The van der Waals surface area contributed by atoms with Gasteiger partial charge in [0.25, 0.3) is 0 Å². The normalized spacial score (nSPS) is 27.1. The molecule has 0 unspecified atom stereocenters. The highest BCUT2D eigenvalue weighted by Gasteiger charge is 2.59. The van der Waals surface area contributed by atoms with Gasteiger partial charge < -0.3 is 35.0 Å². The molecule has 0 heterocycles. The van der Waals surface area contributed by atoms with Crippen molar-refractivity contribution in [1.29, 1.82) is 0 Å². The van der Waals surface area contributed by atoms with Crippen molar-refractivity contribution < 1.29 is 33.8 Å². The van der Waals surface area contributed by atoms with Gasteiger partial charge in [-0.05, 0) is 165 Å². The number of unbranched alkanes of at least 4 members (excludes halogenated alkanes) is 1. The van der Waals surface area contributed by atoms with Crippen LogP contribution < -0.4 is 10.6 Å². The molecule has 3 saturated carbocycles. The van der Waals surface area contributed by atoms with Crippen molar-refractivity contribution in [2.24, 2.45) is 46.3 Å². The second kappa shape index (κ2) is 24.7. The summed E-state index contributed by atoms with van der Waals surface area (Å²) in [6.07, 6.45) is 18.3. The molecule has 3 N–H and O–H groups in total. The zero-order chi connectivity index (χ0) is 47.3. The zero-order valence-electron chi connectivity index (χ0n) is 42.0. The van der Waals surface area contributed by atoms with Gasteiger partial charge in [-0.2, -0.15) is 0 Å². The molecule has 0 aromatic rings. The Bertz CT molecular complexity index is 1550. The number of ether oxygens (including phenoxy) is 2. The first-order valence-electron chi connectivity index (χ1n) is 25.2. The van der Waals surface area contributed by atoms with Crippen LogP contribution in [-0.2, 0) is 14.3 Å². The molecule has 3 fully saturated rings.